The van der Waals surface area contributed by atoms with Gasteiger partial charge in [-0.2, -0.15) is 0 Å². The summed E-state index contributed by atoms with van der Waals surface area (Å²) in [7, 11) is -1.78. The molecule has 0 atom stereocenters. The van der Waals surface area contributed by atoms with Crippen molar-refractivity contribution in [2.45, 2.75) is 0 Å². The number of hydrogen-bond donors (Lipinski definition) is 1. The topological polar surface area (TPSA) is 72.8 Å². The van der Waals surface area contributed by atoms with Crippen molar-refractivity contribution in [1.82, 2.24) is 20.2 Å². The van der Waals surface area contributed by atoms with Crippen LogP contribution in [0.15, 0.2) is 473 Å². The van der Waals surface area contributed by atoms with Crippen molar-refractivity contribution in [2.24, 2.45) is 0 Å². The summed E-state index contributed by atoms with van der Waals surface area (Å²) in [6, 6.07) is 161. The van der Waals surface area contributed by atoms with Crippen LogP contribution >= 0.6 is 31.7 Å². The molecule has 0 saturated carbocycles. The lowest BCUT2D eigenvalue weighted by atomic mass is 10.0. The first-order valence-corrected chi connectivity index (χ1v) is 41.9. The lowest BCUT2D eigenvalue weighted by Gasteiger charge is -2.18. The van der Waals surface area contributed by atoms with Crippen molar-refractivity contribution in [2.75, 3.05) is 5.32 Å². The molecule has 530 valence electrons. The number of nitrogens with one attached hydrogen (secondary N) is 1. The molecule has 1 N–H and O–H groups in total. The Morgan fingerprint density at radius 1 is 0.218 bits per heavy atom. The molecular weight excluding hydrogens is 1410 g/mol. The van der Waals surface area contributed by atoms with E-state index in [-0.39, 0.29) is 0 Å². The third-order valence-electron chi connectivity index (χ3n) is 17.7. The fourth-order valence-corrected chi connectivity index (χ4v) is 21.8. The van der Waals surface area contributed by atoms with Crippen LogP contribution < -0.4 is 73.7 Å². The van der Waals surface area contributed by atoms with Gasteiger partial charge in [-0.25, -0.2) is 0 Å². The second-order valence-electron chi connectivity index (χ2n) is 25.1. The molecular formula is C100H79N5OP4. The summed E-state index contributed by atoms with van der Waals surface area (Å²) in [5.74, 6) is 2.08. The number of anilines is 2. The molecule has 0 saturated heterocycles. The van der Waals surface area contributed by atoms with E-state index in [0.29, 0.717) is 17.3 Å². The van der Waals surface area contributed by atoms with E-state index in [9.17, 15) is 0 Å². The van der Waals surface area contributed by atoms with Crippen molar-refractivity contribution in [3.8, 4) is 22.8 Å². The van der Waals surface area contributed by atoms with Gasteiger partial charge in [-0.15, -0.1) is 10.2 Å². The molecule has 0 spiro atoms. The first-order valence-electron chi connectivity index (χ1n) is 36.5. The van der Waals surface area contributed by atoms with Gasteiger partial charge in [0.15, 0.2) is 11.6 Å². The maximum absolute atomic E-state index is 6.07. The van der Waals surface area contributed by atoms with Gasteiger partial charge in [0.25, 0.3) is 0 Å². The molecule has 0 radical (unpaired) electrons. The van der Waals surface area contributed by atoms with Crippen LogP contribution in [0.4, 0.5) is 11.5 Å². The second-order valence-corrected chi connectivity index (χ2v) is 34.0. The highest BCUT2D eigenvalue weighted by atomic mass is 31.1. The molecule has 0 bridgehead atoms. The summed E-state index contributed by atoms with van der Waals surface area (Å²) >= 11 is 0. The van der Waals surface area contributed by atoms with Crippen molar-refractivity contribution < 1.29 is 4.74 Å². The zero-order valence-corrected chi connectivity index (χ0v) is 64.1. The number of fused-ring (bicyclic) bond motifs is 2. The molecule has 3 heterocycles. The summed E-state index contributed by atoms with van der Waals surface area (Å²) in [6.07, 6.45) is 3.45. The average Bonchev–Trinajstić information content (AvgIpc) is 0.859. The van der Waals surface area contributed by atoms with Crippen LogP contribution in [0.25, 0.3) is 33.1 Å². The predicted molar refractivity (Wildman–Crippen MR) is 475 cm³/mol. The number of ether oxygens (including phenoxy) is 1. The lowest BCUT2D eigenvalue weighted by molar-refractivity contribution is 0.487. The number of nitrogens with zero attached hydrogens (tertiary/aromatic N) is 4. The SMILES string of the molecule is c1ccc(-c2nnc(Nc3ccc(Oc4ccnc5cccnc45)cc3)c3ccccc23)cc1.c1ccc(P(c2ccccc2)c2ccccc2)cc1.c1ccc(P(c2ccccc2)c2ccccc2)cc1.c1ccc(P(c2ccccc2)c2ccccc2)cc1.c1ccc(P(c2ccccc2)c2ccccc2)cc1. The van der Waals surface area contributed by atoms with Crippen molar-refractivity contribution >= 4 is 129 Å². The Morgan fingerprint density at radius 2 is 0.491 bits per heavy atom. The molecule has 0 aliphatic carbocycles. The van der Waals surface area contributed by atoms with Gasteiger partial charge >= 0.3 is 0 Å². The van der Waals surface area contributed by atoms with Crippen molar-refractivity contribution in [1.29, 1.82) is 0 Å². The van der Waals surface area contributed by atoms with E-state index in [2.05, 4.69) is 402 Å². The van der Waals surface area contributed by atoms with Crippen LogP contribution in [0.3, 0.4) is 0 Å². The first kappa shape index (κ1) is 74.4. The fraction of sp³-hybridized carbons (Fsp3) is 0. The highest BCUT2D eigenvalue weighted by Crippen LogP contribution is 2.37. The Bertz CT molecular complexity index is 4840. The Kier molecular flexibility index (Phi) is 26.6. The summed E-state index contributed by atoms with van der Waals surface area (Å²) in [4.78, 5) is 8.72. The first-order chi connectivity index (χ1) is 54.6. The van der Waals surface area contributed by atoms with Crippen molar-refractivity contribution in [3.63, 3.8) is 0 Å². The minimum atomic E-state index is -0.446. The molecule has 0 fully saturated rings. The van der Waals surface area contributed by atoms with Gasteiger partial charge in [-0.1, -0.05) is 419 Å². The monoisotopic (exact) mass is 1490 g/mol. The molecule has 18 aromatic rings. The van der Waals surface area contributed by atoms with Gasteiger partial charge in [-0.3, -0.25) is 9.97 Å². The van der Waals surface area contributed by atoms with Gasteiger partial charge < -0.3 is 10.1 Å². The third-order valence-corrected chi connectivity index (χ3v) is 27.5. The molecule has 0 unspecified atom stereocenters. The van der Waals surface area contributed by atoms with Crippen LogP contribution in [0.1, 0.15) is 0 Å². The van der Waals surface area contributed by atoms with Crippen LogP contribution in [0, 0.1) is 0 Å². The Hall–Kier alpha value is -12.5. The van der Waals surface area contributed by atoms with E-state index in [4.69, 9.17) is 4.74 Å². The molecule has 3 aromatic heterocycles. The maximum Gasteiger partial charge on any atom is 0.161 e. The van der Waals surface area contributed by atoms with Gasteiger partial charge in [0.1, 0.15) is 17.0 Å². The van der Waals surface area contributed by atoms with Gasteiger partial charge in [0, 0.05) is 40.5 Å². The van der Waals surface area contributed by atoms with Crippen LogP contribution in [-0.2, 0) is 0 Å². The third kappa shape index (κ3) is 20.0. The predicted octanol–water partition coefficient (Wildman–Crippen LogP) is 20.6. The summed E-state index contributed by atoms with van der Waals surface area (Å²) in [5, 5.41) is 31.2. The van der Waals surface area contributed by atoms with Gasteiger partial charge in [0.2, 0.25) is 0 Å². The van der Waals surface area contributed by atoms with Crippen LogP contribution in [0.2, 0.25) is 0 Å². The largest absolute Gasteiger partial charge is 0.455 e. The van der Waals surface area contributed by atoms with Crippen LogP contribution in [-0.4, -0.2) is 20.2 Å². The van der Waals surface area contributed by atoms with E-state index in [0.717, 1.165) is 38.8 Å². The average molecular weight is 1490 g/mol. The van der Waals surface area contributed by atoms with E-state index in [1.807, 2.05) is 84.9 Å². The number of pyridine rings is 2. The minimum Gasteiger partial charge on any atom is -0.455 e. The lowest BCUT2D eigenvalue weighted by Crippen LogP contribution is -2.20. The number of rotatable bonds is 17. The summed E-state index contributed by atoms with van der Waals surface area (Å²) < 4.78 is 6.07. The Labute approximate surface area is 650 Å². The van der Waals surface area contributed by atoms with Crippen LogP contribution in [0.5, 0.6) is 11.5 Å². The number of aromatic nitrogens is 4. The Morgan fingerprint density at radius 3 is 0.791 bits per heavy atom. The normalized spacial score (nSPS) is 10.7. The molecule has 18 rings (SSSR count). The summed E-state index contributed by atoms with van der Waals surface area (Å²) in [6.45, 7) is 0. The molecule has 110 heavy (non-hydrogen) atoms. The molecule has 10 heteroatoms. The van der Waals surface area contributed by atoms with Gasteiger partial charge in [0.05, 0.1) is 5.52 Å². The zero-order chi connectivity index (χ0) is 74.4. The van der Waals surface area contributed by atoms with E-state index in [1.165, 1.54) is 63.7 Å². The fourth-order valence-electron chi connectivity index (χ4n) is 12.6. The van der Waals surface area contributed by atoms with E-state index < -0.39 is 31.7 Å². The molecule has 15 aromatic carbocycles. The molecule has 0 amide bonds. The van der Waals surface area contributed by atoms with Crippen molar-refractivity contribution in [3.05, 3.63) is 473 Å². The molecule has 6 nitrogen and oxygen atoms in total. The highest BCUT2D eigenvalue weighted by molar-refractivity contribution is 7.81. The zero-order valence-electron chi connectivity index (χ0n) is 60.5. The second kappa shape index (κ2) is 39.4. The quantitative estimate of drug-likeness (QED) is 0.0916. The number of benzene rings is 15. The molecule has 0 aliphatic rings. The highest BCUT2D eigenvalue weighted by Gasteiger charge is 2.20. The minimum absolute atomic E-state index is 0.446. The van der Waals surface area contributed by atoms with Gasteiger partial charge in [-0.05, 0) is 132 Å². The smallest absolute Gasteiger partial charge is 0.161 e. The maximum atomic E-state index is 6.07. The molecule has 0 aliphatic heterocycles. The summed E-state index contributed by atoms with van der Waals surface area (Å²) in [5.41, 5.74) is 4.31. The Balaban J connectivity index is 0.000000118. The van der Waals surface area contributed by atoms with E-state index in [1.54, 1.807) is 12.4 Å². The van der Waals surface area contributed by atoms with E-state index >= 15 is 0 Å². The standard InChI is InChI=1S/C28H19N5O.4C18H15P/c1-2-7-19(8-3-1)26-22-9-4-5-10-23(22)28(33-32-26)31-20-12-14-21(15-13-20)34-25-16-18-29-24-11-6-17-30-27(24)25;4*1-4-10-16(11-5-1)19(17-12-6-2-7-13-17)18-14-8-3-9-15-18/h1-18H,(H,31,33);4*1-15H. The number of hydrogen-bond acceptors (Lipinski definition) is 6.